The highest BCUT2D eigenvalue weighted by Gasteiger charge is 2.13. The molecule has 1 aromatic heterocycles. The van der Waals surface area contributed by atoms with Crippen LogP contribution in [0, 0.1) is 5.82 Å². The SMILES string of the molecule is CC(C)Sc1cccc(C(=O)Nc2nnc(Cc3ccc(F)cc3)o2)c1. The Morgan fingerprint density at radius 3 is 2.69 bits per heavy atom. The van der Waals surface area contributed by atoms with Gasteiger partial charge in [0.1, 0.15) is 5.82 Å². The molecule has 1 N–H and O–H groups in total. The first-order valence-electron chi connectivity index (χ1n) is 8.14. The van der Waals surface area contributed by atoms with Crippen LogP contribution in [0.5, 0.6) is 0 Å². The van der Waals surface area contributed by atoms with Crippen LogP contribution < -0.4 is 5.32 Å². The highest BCUT2D eigenvalue weighted by atomic mass is 32.2. The third-order valence-electron chi connectivity index (χ3n) is 3.42. The molecule has 0 aliphatic heterocycles. The van der Waals surface area contributed by atoms with Crippen LogP contribution in [-0.2, 0) is 6.42 Å². The number of thioether (sulfide) groups is 1. The Morgan fingerprint density at radius 2 is 1.96 bits per heavy atom. The lowest BCUT2D eigenvalue weighted by atomic mass is 10.1. The second kappa shape index (κ2) is 8.14. The van der Waals surface area contributed by atoms with Gasteiger partial charge in [0.05, 0.1) is 6.42 Å². The van der Waals surface area contributed by atoms with Gasteiger partial charge in [-0.3, -0.25) is 10.1 Å². The van der Waals surface area contributed by atoms with E-state index in [0.717, 1.165) is 10.5 Å². The fourth-order valence-corrected chi connectivity index (χ4v) is 3.20. The van der Waals surface area contributed by atoms with Crippen molar-refractivity contribution < 1.29 is 13.6 Å². The fraction of sp³-hybridized carbons (Fsp3) is 0.211. The molecule has 0 fully saturated rings. The minimum atomic E-state index is -0.312. The number of benzene rings is 2. The molecule has 0 saturated heterocycles. The summed E-state index contributed by atoms with van der Waals surface area (Å²) in [6, 6.07) is 13.4. The Bertz CT molecular complexity index is 894. The molecule has 3 aromatic rings. The third kappa shape index (κ3) is 4.92. The zero-order chi connectivity index (χ0) is 18.5. The number of anilines is 1. The van der Waals surface area contributed by atoms with Crippen LogP contribution in [-0.4, -0.2) is 21.4 Å². The molecule has 0 atom stereocenters. The molecule has 0 unspecified atom stereocenters. The maximum Gasteiger partial charge on any atom is 0.322 e. The van der Waals surface area contributed by atoms with Gasteiger partial charge in [-0.1, -0.05) is 37.1 Å². The predicted octanol–water partition coefficient (Wildman–Crippen LogP) is 4.55. The molecule has 7 heteroatoms. The number of carbonyl (C=O) groups excluding carboxylic acids is 1. The van der Waals surface area contributed by atoms with E-state index >= 15 is 0 Å². The largest absolute Gasteiger partial charge is 0.407 e. The van der Waals surface area contributed by atoms with Crippen molar-refractivity contribution in [3.05, 3.63) is 71.4 Å². The van der Waals surface area contributed by atoms with Gasteiger partial charge >= 0.3 is 6.01 Å². The smallest absolute Gasteiger partial charge is 0.322 e. The number of carbonyl (C=O) groups is 1. The van der Waals surface area contributed by atoms with Gasteiger partial charge in [-0.25, -0.2) is 4.39 Å². The Balaban J connectivity index is 1.65. The number of halogens is 1. The number of hydrogen-bond donors (Lipinski definition) is 1. The minimum absolute atomic E-state index is 0.0361. The Kier molecular flexibility index (Phi) is 5.68. The van der Waals surface area contributed by atoms with Gasteiger partial charge in [-0.05, 0) is 35.9 Å². The molecule has 1 heterocycles. The van der Waals surface area contributed by atoms with Crippen molar-refractivity contribution in [1.82, 2.24) is 10.2 Å². The van der Waals surface area contributed by atoms with E-state index in [2.05, 4.69) is 29.4 Å². The van der Waals surface area contributed by atoms with E-state index < -0.39 is 0 Å². The van der Waals surface area contributed by atoms with E-state index in [1.165, 1.54) is 12.1 Å². The molecule has 3 rings (SSSR count). The van der Waals surface area contributed by atoms with Gasteiger partial charge in [0.15, 0.2) is 0 Å². The van der Waals surface area contributed by atoms with Crippen LogP contribution in [0.15, 0.2) is 57.8 Å². The summed E-state index contributed by atoms with van der Waals surface area (Å²) >= 11 is 1.68. The van der Waals surface area contributed by atoms with Gasteiger partial charge in [0, 0.05) is 15.7 Å². The molecule has 0 saturated carbocycles. The van der Waals surface area contributed by atoms with Crippen molar-refractivity contribution >= 4 is 23.7 Å². The van der Waals surface area contributed by atoms with Gasteiger partial charge in [0.2, 0.25) is 5.89 Å². The van der Waals surface area contributed by atoms with Gasteiger partial charge in [0.25, 0.3) is 5.91 Å². The van der Waals surface area contributed by atoms with E-state index in [4.69, 9.17) is 4.42 Å². The first kappa shape index (κ1) is 18.1. The van der Waals surface area contributed by atoms with Gasteiger partial charge in [-0.15, -0.1) is 16.9 Å². The molecule has 0 aliphatic carbocycles. The Labute approximate surface area is 155 Å². The van der Waals surface area contributed by atoms with Gasteiger partial charge < -0.3 is 4.42 Å². The van der Waals surface area contributed by atoms with Crippen molar-refractivity contribution in [3.8, 4) is 0 Å². The Hall–Kier alpha value is -2.67. The lowest BCUT2D eigenvalue weighted by Crippen LogP contribution is -2.12. The summed E-state index contributed by atoms with van der Waals surface area (Å²) in [5.74, 6) is -0.269. The number of nitrogens with one attached hydrogen (secondary N) is 1. The maximum atomic E-state index is 12.9. The summed E-state index contributed by atoms with van der Waals surface area (Å²) in [5.41, 5.74) is 1.36. The molecule has 2 aromatic carbocycles. The molecule has 0 aliphatic rings. The maximum absolute atomic E-state index is 12.9. The van der Waals surface area contributed by atoms with Crippen molar-refractivity contribution in [3.63, 3.8) is 0 Å². The normalized spacial score (nSPS) is 10.9. The average molecular weight is 371 g/mol. The van der Waals surface area contributed by atoms with Crippen LogP contribution in [0.25, 0.3) is 0 Å². The first-order chi connectivity index (χ1) is 12.5. The van der Waals surface area contributed by atoms with Crippen LogP contribution in [0.1, 0.15) is 35.7 Å². The van der Waals surface area contributed by atoms with Crippen LogP contribution in [0.2, 0.25) is 0 Å². The Morgan fingerprint density at radius 1 is 1.19 bits per heavy atom. The van der Waals surface area contributed by atoms with E-state index in [-0.39, 0.29) is 17.7 Å². The summed E-state index contributed by atoms with van der Waals surface area (Å²) in [6.45, 7) is 4.19. The van der Waals surface area contributed by atoms with Gasteiger partial charge in [-0.2, -0.15) is 0 Å². The molecule has 0 spiro atoms. The van der Waals surface area contributed by atoms with E-state index in [0.29, 0.717) is 23.1 Å². The van der Waals surface area contributed by atoms with Crippen molar-refractivity contribution in [2.24, 2.45) is 0 Å². The summed E-state index contributed by atoms with van der Waals surface area (Å²) in [4.78, 5) is 13.4. The first-order valence-corrected chi connectivity index (χ1v) is 9.02. The molecule has 5 nitrogen and oxygen atoms in total. The van der Waals surface area contributed by atoms with E-state index in [9.17, 15) is 9.18 Å². The van der Waals surface area contributed by atoms with E-state index in [1.54, 1.807) is 30.0 Å². The summed E-state index contributed by atoms with van der Waals surface area (Å²) < 4.78 is 18.4. The van der Waals surface area contributed by atoms with Crippen LogP contribution in [0.4, 0.5) is 10.4 Å². The zero-order valence-corrected chi connectivity index (χ0v) is 15.2. The van der Waals surface area contributed by atoms with Crippen LogP contribution >= 0.6 is 11.8 Å². The highest BCUT2D eigenvalue weighted by Crippen LogP contribution is 2.24. The monoisotopic (exact) mass is 371 g/mol. The summed E-state index contributed by atoms with van der Waals surface area (Å²) in [7, 11) is 0. The molecular weight excluding hydrogens is 353 g/mol. The van der Waals surface area contributed by atoms with Crippen molar-refractivity contribution in [2.45, 2.75) is 30.4 Å². The summed E-state index contributed by atoms with van der Waals surface area (Å²) in [5, 5.41) is 10.8. The molecule has 26 heavy (non-hydrogen) atoms. The molecule has 134 valence electrons. The lowest BCUT2D eigenvalue weighted by Gasteiger charge is -2.06. The van der Waals surface area contributed by atoms with Crippen molar-refractivity contribution in [2.75, 3.05) is 5.32 Å². The number of nitrogens with zero attached hydrogens (tertiary/aromatic N) is 2. The summed E-state index contributed by atoms with van der Waals surface area (Å²) in [6.07, 6.45) is 0.365. The molecule has 1 amide bonds. The second-order valence-electron chi connectivity index (χ2n) is 5.95. The fourth-order valence-electron chi connectivity index (χ4n) is 2.30. The number of amides is 1. The minimum Gasteiger partial charge on any atom is -0.407 e. The lowest BCUT2D eigenvalue weighted by molar-refractivity contribution is 0.102. The zero-order valence-electron chi connectivity index (χ0n) is 14.4. The van der Waals surface area contributed by atoms with E-state index in [1.807, 2.05) is 18.2 Å². The number of aromatic nitrogens is 2. The second-order valence-corrected chi connectivity index (χ2v) is 7.60. The average Bonchev–Trinajstić information content (AvgIpc) is 3.03. The number of rotatable bonds is 6. The molecular formula is C19H18FN3O2S. The third-order valence-corrected chi connectivity index (χ3v) is 4.42. The highest BCUT2D eigenvalue weighted by molar-refractivity contribution is 7.99. The van der Waals surface area contributed by atoms with Crippen molar-refractivity contribution in [1.29, 1.82) is 0 Å². The van der Waals surface area contributed by atoms with Crippen LogP contribution in [0.3, 0.4) is 0 Å². The standard InChI is InChI=1S/C19H18FN3O2S/c1-12(2)26-16-5-3-4-14(11-16)18(24)21-19-23-22-17(25-19)10-13-6-8-15(20)9-7-13/h3-9,11-12H,10H2,1-2H3,(H,21,23,24). The predicted molar refractivity (Wildman–Crippen MR) is 98.9 cm³/mol. The quantitative estimate of drug-likeness (QED) is 0.644. The number of hydrogen-bond acceptors (Lipinski definition) is 5. The molecule has 0 bridgehead atoms. The topological polar surface area (TPSA) is 68.0 Å². The molecule has 0 radical (unpaired) electrons.